The summed E-state index contributed by atoms with van der Waals surface area (Å²) in [6.07, 6.45) is 9.47. The van der Waals surface area contributed by atoms with E-state index in [-0.39, 0.29) is 12.1 Å². The average Bonchev–Trinajstić information content (AvgIpc) is 3.20. The van der Waals surface area contributed by atoms with Crippen LogP contribution in [0.4, 0.5) is 5.82 Å². The molecule has 1 aromatic heterocycles. The van der Waals surface area contributed by atoms with E-state index in [0.29, 0.717) is 11.5 Å². The van der Waals surface area contributed by atoms with Crippen LogP contribution in [0, 0.1) is 0 Å². The predicted octanol–water partition coefficient (Wildman–Crippen LogP) is 3.38. The molecule has 0 saturated heterocycles. The van der Waals surface area contributed by atoms with Crippen LogP contribution in [0.1, 0.15) is 62.5 Å². The highest BCUT2D eigenvalue weighted by molar-refractivity contribution is 6.16. The van der Waals surface area contributed by atoms with E-state index < -0.39 is 5.41 Å². The Bertz CT molecular complexity index is 960. The van der Waals surface area contributed by atoms with Gasteiger partial charge in [0, 0.05) is 28.1 Å². The van der Waals surface area contributed by atoms with E-state index in [9.17, 15) is 5.21 Å². The average molecular weight is 393 g/mol. The van der Waals surface area contributed by atoms with Crippen LogP contribution in [0.15, 0.2) is 29.7 Å². The molecule has 0 bridgehead atoms. The molecule has 7 heteroatoms. The van der Waals surface area contributed by atoms with Crippen molar-refractivity contribution in [3.05, 3.63) is 35.7 Å². The van der Waals surface area contributed by atoms with Gasteiger partial charge in [0.05, 0.1) is 17.5 Å². The summed E-state index contributed by atoms with van der Waals surface area (Å²) in [7, 11) is 0. The molecule has 0 amide bonds. The highest BCUT2D eigenvalue weighted by Crippen LogP contribution is 2.53. The summed E-state index contributed by atoms with van der Waals surface area (Å²) in [5.74, 6) is 1.27. The van der Waals surface area contributed by atoms with Crippen molar-refractivity contribution in [3.63, 3.8) is 0 Å². The van der Waals surface area contributed by atoms with Crippen molar-refractivity contribution in [1.29, 1.82) is 0 Å². The molecular weight excluding hydrogens is 366 g/mol. The third-order valence-corrected chi connectivity index (χ3v) is 6.89. The number of anilines is 1. The second-order valence-electron chi connectivity index (χ2n) is 8.58. The van der Waals surface area contributed by atoms with Gasteiger partial charge in [-0.15, -0.1) is 0 Å². The van der Waals surface area contributed by atoms with Gasteiger partial charge >= 0.3 is 0 Å². The van der Waals surface area contributed by atoms with Gasteiger partial charge in [-0.25, -0.2) is 9.97 Å². The van der Waals surface area contributed by atoms with E-state index in [1.54, 1.807) is 0 Å². The fourth-order valence-electron chi connectivity index (χ4n) is 5.46. The molecule has 0 unspecified atom stereocenters. The van der Waals surface area contributed by atoms with Gasteiger partial charge in [0.25, 0.3) is 0 Å². The summed E-state index contributed by atoms with van der Waals surface area (Å²) in [6, 6.07) is 6.25. The predicted molar refractivity (Wildman–Crippen MR) is 111 cm³/mol. The van der Waals surface area contributed by atoms with Crippen LogP contribution >= 0.6 is 0 Å². The van der Waals surface area contributed by atoms with Crippen LogP contribution < -0.4 is 16.2 Å². The zero-order valence-corrected chi connectivity index (χ0v) is 16.5. The van der Waals surface area contributed by atoms with E-state index >= 15 is 0 Å². The van der Waals surface area contributed by atoms with Crippen molar-refractivity contribution in [1.82, 2.24) is 9.97 Å². The largest absolute Gasteiger partial charge is 0.490 e. The van der Waals surface area contributed by atoms with Gasteiger partial charge in [0.1, 0.15) is 17.9 Å². The number of ether oxygens (including phenoxy) is 1. The summed E-state index contributed by atoms with van der Waals surface area (Å²) in [6.45, 7) is 0. The quantitative estimate of drug-likeness (QED) is 0.531. The van der Waals surface area contributed by atoms with Crippen molar-refractivity contribution >= 4 is 11.5 Å². The molecule has 0 aliphatic heterocycles. The lowest BCUT2D eigenvalue weighted by atomic mass is 9.66. The molecule has 152 valence electrons. The number of nitrogens with two attached hydrogens (primary N) is 2. The van der Waals surface area contributed by atoms with E-state index in [1.807, 2.05) is 18.2 Å². The molecule has 3 aliphatic rings. The van der Waals surface area contributed by atoms with Crippen LogP contribution in [0.3, 0.4) is 0 Å². The summed E-state index contributed by atoms with van der Waals surface area (Å²) in [5.41, 5.74) is 16.1. The van der Waals surface area contributed by atoms with Crippen LogP contribution in [0.5, 0.6) is 5.75 Å². The van der Waals surface area contributed by atoms with Crippen molar-refractivity contribution < 1.29 is 9.94 Å². The van der Waals surface area contributed by atoms with Crippen LogP contribution in [-0.2, 0) is 5.41 Å². The number of nitrogens with zero attached hydrogens (tertiary/aromatic N) is 3. The molecule has 2 fully saturated rings. The fourth-order valence-corrected chi connectivity index (χ4v) is 5.46. The minimum absolute atomic E-state index is 0.177. The SMILES string of the molecule is Nc1ncnc2c1C1(CCCC1)C(=NO)c1cc(O[C@H]3CC[C@@H](N)CC3)ccc1-2. The number of fused-ring (bicyclic) bond motifs is 4. The molecule has 7 nitrogen and oxygen atoms in total. The lowest BCUT2D eigenvalue weighted by molar-refractivity contribution is 0.147. The Morgan fingerprint density at radius 1 is 1.07 bits per heavy atom. The molecule has 1 aromatic carbocycles. The summed E-state index contributed by atoms with van der Waals surface area (Å²) in [5, 5.41) is 13.9. The first kappa shape index (κ1) is 18.4. The molecule has 5 rings (SSSR count). The van der Waals surface area contributed by atoms with Crippen LogP contribution in [0.25, 0.3) is 11.3 Å². The first-order valence-electron chi connectivity index (χ1n) is 10.5. The van der Waals surface area contributed by atoms with Crippen LogP contribution in [0.2, 0.25) is 0 Å². The lowest BCUT2D eigenvalue weighted by Crippen LogP contribution is -2.39. The third kappa shape index (κ3) is 2.87. The van der Waals surface area contributed by atoms with Gasteiger partial charge in [-0.3, -0.25) is 0 Å². The molecule has 5 N–H and O–H groups in total. The summed E-state index contributed by atoms with van der Waals surface area (Å²) < 4.78 is 6.28. The Hall–Kier alpha value is -2.67. The first-order valence-corrected chi connectivity index (χ1v) is 10.5. The second kappa shape index (κ2) is 6.99. The number of rotatable bonds is 2. The highest BCUT2D eigenvalue weighted by atomic mass is 16.5. The standard InChI is InChI=1S/C22H27N5O2/c23-13-3-5-14(6-4-13)29-15-7-8-16-17(11-15)20(27-28)22(9-1-2-10-22)18-19(16)25-12-26-21(18)24/h7-8,11-14,28H,1-6,9-10,23H2,(H2,24,25,26)/t13-,14+. The highest BCUT2D eigenvalue weighted by Gasteiger charge is 2.49. The zero-order valence-electron chi connectivity index (χ0n) is 16.5. The van der Waals surface area contributed by atoms with Crippen molar-refractivity contribution in [2.24, 2.45) is 10.9 Å². The van der Waals surface area contributed by atoms with E-state index in [2.05, 4.69) is 15.1 Å². The molecule has 2 aromatic rings. The Balaban J connectivity index is 1.59. The number of nitrogen functional groups attached to an aromatic ring is 1. The van der Waals surface area contributed by atoms with Gasteiger partial charge in [0.2, 0.25) is 0 Å². The molecule has 1 spiro atoms. The van der Waals surface area contributed by atoms with Gasteiger partial charge in [0.15, 0.2) is 0 Å². The third-order valence-electron chi connectivity index (χ3n) is 6.89. The molecule has 29 heavy (non-hydrogen) atoms. The summed E-state index contributed by atoms with van der Waals surface area (Å²) in [4.78, 5) is 8.83. The smallest absolute Gasteiger partial charge is 0.131 e. The first-order chi connectivity index (χ1) is 14.1. The fraction of sp³-hybridized carbons (Fsp3) is 0.500. The maximum atomic E-state index is 10.1. The number of benzene rings is 1. The number of hydrogen-bond donors (Lipinski definition) is 3. The van der Waals surface area contributed by atoms with E-state index in [4.69, 9.17) is 16.2 Å². The second-order valence-corrected chi connectivity index (χ2v) is 8.58. The van der Waals surface area contributed by atoms with E-state index in [1.165, 1.54) is 6.33 Å². The molecular formula is C22H27N5O2. The Kier molecular flexibility index (Phi) is 4.42. The maximum absolute atomic E-state index is 10.1. The monoisotopic (exact) mass is 393 g/mol. The number of hydrogen-bond acceptors (Lipinski definition) is 7. The topological polar surface area (TPSA) is 120 Å². The minimum Gasteiger partial charge on any atom is -0.490 e. The van der Waals surface area contributed by atoms with Gasteiger partial charge in [-0.1, -0.05) is 18.0 Å². The Labute approximate surface area is 170 Å². The lowest BCUT2D eigenvalue weighted by Gasteiger charge is -2.37. The van der Waals surface area contributed by atoms with Crippen molar-refractivity contribution in [2.45, 2.75) is 68.9 Å². The van der Waals surface area contributed by atoms with Gasteiger partial charge in [-0.2, -0.15) is 0 Å². The van der Waals surface area contributed by atoms with Crippen molar-refractivity contribution in [2.75, 3.05) is 5.73 Å². The number of aromatic nitrogens is 2. The molecule has 2 saturated carbocycles. The van der Waals surface area contributed by atoms with Crippen LogP contribution in [-0.4, -0.2) is 33.0 Å². The molecule has 1 heterocycles. The number of oxime groups is 1. The van der Waals surface area contributed by atoms with Crippen molar-refractivity contribution in [3.8, 4) is 17.0 Å². The van der Waals surface area contributed by atoms with Gasteiger partial charge in [-0.05, 0) is 56.7 Å². The molecule has 3 aliphatic carbocycles. The van der Waals surface area contributed by atoms with Gasteiger partial charge < -0.3 is 21.4 Å². The minimum atomic E-state index is -0.432. The molecule has 0 atom stereocenters. The Morgan fingerprint density at radius 2 is 1.83 bits per heavy atom. The zero-order chi connectivity index (χ0) is 20.0. The normalized spacial score (nSPS) is 26.3. The Morgan fingerprint density at radius 3 is 2.55 bits per heavy atom. The summed E-state index contributed by atoms with van der Waals surface area (Å²) >= 11 is 0. The van der Waals surface area contributed by atoms with E-state index in [0.717, 1.165) is 79.5 Å². The maximum Gasteiger partial charge on any atom is 0.131 e. The molecule has 0 radical (unpaired) electrons.